The Balaban J connectivity index is 1.26. The van der Waals surface area contributed by atoms with Gasteiger partial charge in [0.1, 0.15) is 18.2 Å². The molecule has 2 atom stereocenters. The number of nitrogens with one attached hydrogen (secondary N) is 1. The molecule has 2 aliphatic heterocycles. The van der Waals surface area contributed by atoms with Gasteiger partial charge in [0.15, 0.2) is 0 Å². The Labute approximate surface area is 194 Å². The van der Waals surface area contributed by atoms with Crippen LogP contribution in [0.2, 0.25) is 0 Å². The molecule has 0 aromatic heterocycles. The summed E-state index contributed by atoms with van der Waals surface area (Å²) in [6, 6.07) is 19.5. The Hall–Kier alpha value is -3.36. The number of carbonyl (C=O) groups is 2. The Morgan fingerprint density at radius 2 is 1.91 bits per heavy atom. The quantitative estimate of drug-likeness (QED) is 0.536. The van der Waals surface area contributed by atoms with E-state index in [0.717, 1.165) is 16.1 Å². The van der Waals surface area contributed by atoms with Crippen molar-refractivity contribution in [3.05, 3.63) is 89.2 Å². The van der Waals surface area contributed by atoms with Crippen molar-refractivity contribution in [3.63, 3.8) is 0 Å². The molecule has 2 aliphatic rings. The van der Waals surface area contributed by atoms with Gasteiger partial charge in [-0.25, -0.2) is 4.39 Å². The van der Waals surface area contributed by atoms with E-state index in [-0.39, 0.29) is 25.5 Å². The number of hydrogen-bond acceptors (Lipinski definition) is 6. The molecule has 168 valence electrons. The third kappa shape index (κ3) is 4.72. The molecule has 6 nitrogen and oxygen atoms in total. The fraction of sp³-hybridized carbons (Fsp3) is 0.200. The lowest BCUT2D eigenvalue weighted by Gasteiger charge is -2.28. The molecule has 2 heterocycles. The van der Waals surface area contributed by atoms with E-state index < -0.39 is 23.3 Å². The first-order chi connectivity index (χ1) is 16.1. The molecule has 0 fully saturated rings. The van der Waals surface area contributed by atoms with Gasteiger partial charge in [-0.15, -0.1) is 11.8 Å². The van der Waals surface area contributed by atoms with Gasteiger partial charge < -0.3 is 19.5 Å². The van der Waals surface area contributed by atoms with Crippen molar-refractivity contribution in [2.24, 2.45) is 0 Å². The Morgan fingerprint density at radius 1 is 1.12 bits per heavy atom. The van der Waals surface area contributed by atoms with Crippen LogP contribution in [0.5, 0.6) is 5.75 Å². The number of anilines is 1. The molecule has 0 spiro atoms. The van der Waals surface area contributed by atoms with Crippen LogP contribution in [0.4, 0.5) is 10.1 Å². The molecule has 2 unspecified atom stereocenters. The lowest BCUT2D eigenvalue weighted by atomic mass is 10.1. The number of ether oxygens (including phenoxy) is 3. The molecule has 0 radical (unpaired) electrons. The standard InChI is InChI=1S/C25H20FNO5S/c26-18-10-16(23-17(11-18)14-31-25(32-23)15-6-2-1-3-7-15)13-30-22(28)12-21-24(29)27-19-8-4-5-9-20(19)33-21/h1-11,21,25H,12-14H2,(H,27,29). The maximum Gasteiger partial charge on any atom is 0.307 e. The number of halogens is 1. The van der Waals surface area contributed by atoms with Crippen molar-refractivity contribution in [2.75, 3.05) is 5.32 Å². The molecule has 1 N–H and O–H groups in total. The van der Waals surface area contributed by atoms with Crippen molar-refractivity contribution >= 4 is 29.3 Å². The number of rotatable bonds is 5. The summed E-state index contributed by atoms with van der Waals surface area (Å²) >= 11 is 1.32. The van der Waals surface area contributed by atoms with E-state index in [1.165, 1.54) is 23.9 Å². The summed E-state index contributed by atoms with van der Waals surface area (Å²) < 4.78 is 31.3. The fourth-order valence-corrected chi connectivity index (χ4v) is 4.85. The summed E-state index contributed by atoms with van der Waals surface area (Å²) in [6.45, 7) is 0.00191. The van der Waals surface area contributed by atoms with Gasteiger partial charge in [-0.1, -0.05) is 42.5 Å². The highest BCUT2D eigenvalue weighted by Gasteiger charge is 2.30. The second-order valence-corrected chi connectivity index (χ2v) is 8.93. The van der Waals surface area contributed by atoms with Crippen molar-refractivity contribution in [2.45, 2.75) is 36.1 Å². The van der Waals surface area contributed by atoms with E-state index in [9.17, 15) is 14.0 Å². The average molecular weight is 466 g/mol. The Kier molecular flexibility index (Phi) is 6.02. The van der Waals surface area contributed by atoms with Crippen LogP contribution in [0, 0.1) is 5.82 Å². The SMILES string of the molecule is O=C(CC1Sc2ccccc2NC1=O)OCc1cc(F)cc2c1OC(c1ccccc1)OC2. The van der Waals surface area contributed by atoms with Gasteiger partial charge in [-0.2, -0.15) is 0 Å². The topological polar surface area (TPSA) is 73.9 Å². The maximum absolute atomic E-state index is 14.2. The number of fused-ring (bicyclic) bond motifs is 2. The molecule has 3 aromatic rings. The highest BCUT2D eigenvalue weighted by Crippen LogP contribution is 2.38. The van der Waals surface area contributed by atoms with Crippen LogP contribution >= 0.6 is 11.8 Å². The number of amides is 1. The minimum atomic E-state index is -0.638. The molecular weight excluding hydrogens is 445 g/mol. The minimum Gasteiger partial charge on any atom is -0.461 e. The summed E-state index contributed by atoms with van der Waals surface area (Å²) in [5, 5.41) is 2.21. The molecule has 3 aromatic carbocycles. The number of para-hydroxylation sites is 1. The van der Waals surface area contributed by atoms with Gasteiger partial charge in [-0.05, 0) is 24.3 Å². The van der Waals surface area contributed by atoms with E-state index in [1.54, 1.807) is 0 Å². The van der Waals surface area contributed by atoms with Gasteiger partial charge in [0, 0.05) is 21.6 Å². The van der Waals surface area contributed by atoms with Crippen molar-refractivity contribution in [1.82, 2.24) is 0 Å². The highest BCUT2D eigenvalue weighted by molar-refractivity contribution is 8.01. The van der Waals surface area contributed by atoms with Gasteiger partial charge >= 0.3 is 5.97 Å². The molecule has 0 aliphatic carbocycles. The second kappa shape index (κ2) is 9.25. The molecule has 1 amide bonds. The highest BCUT2D eigenvalue weighted by atomic mass is 32.2. The summed E-state index contributed by atoms with van der Waals surface area (Å²) in [5.74, 6) is -0.816. The fourth-order valence-electron chi connectivity index (χ4n) is 3.75. The van der Waals surface area contributed by atoms with Crippen LogP contribution in [0.1, 0.15) is 29.4 Å². The number of thioether (sulfide) groups is 1. The van der Waals surface area contributed by atoms with E-state index in [0.29, 0.717) is 16.9 Å². The normalized spacial score (nSPS) is 19.0. The smallest absolute Gasteiger partial charge is 0.307 e. The molecule has 0 saturated heterocycles. The largest absolute Gasteiger partial charge is 0.461 e. The van der Waals surface area contributed by atoms with Crippen LogP contribution < -0.4 is 10.1 Å². The lowest BCUT2D eigenvalue weighted by Crippen LogP contribution is -2.31. The maximum atomic E-state index is 14.2. The Bertz CT molecular complexity index is 1200. The number of carbonyl (C=O) groups excluding carboxylic acids is 2. The monoisotopic (exact) mass is 465 g/mol. The van der Waals surface area contributed by atoms with Gasteiger partial charge in [0.05, 0.1) is 24.0 Å². The number of benzene rings is 3. The summed E-state index contributed by atoms with van der Waals surface area (Å²) in [4.78, 5) is 25.8. The van der Waals surface area contributed by atoms with Gasteiger partial charge in [0.25, 0.3) is 0 Å². The molecular formula is C25H20FNO5S. The van der Waals surface area contributed by atoms with Crippen LogP contribution in [0.3, 0.4) is 0 Å². The number of esters is 1. The zero-order valence-corrected chi connectivity index (χ0v) is 18.3. The average Bonchev–Trinajstić information content (AvgIpc) is 2.83. The van der Waals surface area contributed by atoms with Crippen LogP contribution in [-0.2, 0) is 32.3 Å². The van der Waals surface area contributed by atoms with Crippen LogP contribution in [0.15, 0.2) is 71.6 Å². The zero-order valence-electron chi connectivity index (χ0n) is 17.5. The van der Waals surface area contributed by atoms with E-state index >= 15 is 0 Å². The first kappa shape index (κ1) is 21.5. The molecule has 33 heavy (non-hydrogen) atoms. The van der Waals surface area contributed by atoms with Crippen LogP contribution in [-0.4, -0.2) is 17.1 Å². The zero-order chi connectivity index (χ0) is 22.8. The Morgan fingerprint density at radius 3 is 2.76 bits per heavy atom. The van der Waals surface area contributed by atoms with Gasteiger partial charge in [0.2, 0.25) is 12.2 Å². The van der Waals surface area contributed by atoms with Crippen molar-refractivity contribution in [1.29, 1.82) is 0 Å². The molecule has 5 rings (SSSR count). The third-order valence-electron chi connectivity index (χ3n) is 5.34. The second-order valence-electron chi connectivity index (χ2n) is 7.68. The summed E-state index contributed by atoms with van der Waals surface area (Å²) in [5.41, 5.74) is 2.52. The third-order valence-corrected chi connectivity index (χ3v) is 6.62. The predicted octanol–water partition coefficient (Wildman–Crippen LogP) is 4.98. The van der Waals surface area contributed by atoms with Crippen molar-refractivity contribution in [3.8, 4) is 5.75 Å². The van der Waals surface area contributed by atoms with Gasteiger partial charge in [-0.3, -0.25) is 9.59 Å². The predicted molar refractivity (Wildman–Crippen MR) is 120 cm³/mol. The lowest BCUT2D eigenvalue weighted by molar-refractivity contribution is -0.146. The van der Waals surface area contributed by atoms with Crippen molar-refractivity contribution < 1.29 is 28.2 Å². The van der Waals surface area contributed by atoms with Crippen LogP contribution in [0.25, 0.3) is 0 Å². The minimum absolute atomic E-state index is 0.0983. The first-order valence-electron chi connectivity index (χ1n) is 10.4. The molecule has 0 bridgehead atoms. The molecule has 0 saturated carbocycles. The van der Waals surface area contributed by atoms with E-state index in [1.807, 2.05) is 54.6 Å². The summed E-state index contributed by atoms with van der Waals surface area (Å²) in [6.07, 6.45) is -0.736. The first-order valence-corrected chi connectivity index (χ1v) is 11.3. The number of hydrogen-bond donors (Lipinski definition) is 1. The van der Waals surface area contributed by atoms with E-state index in [2.05, 4.69) is 5.32 Å². The molecule has 8 heteroatoms. The summed E-state index contributed by atoms with van der Waals surface area (Å²) in [7, 11) is 0. The van der Waals surface area contributed by atoms with E-state index in [4.69, 9.17) is 14.2 Å².